The molecule has 1 aromatic carbocycles. The first-order valence-electron chi connectivity index (χ1n) is 6.51. The minimum absolute atomic E-state index is 0.515. The summed E-state index contributed by atoms with van der Waals surface area (Å²) in [5.74, 6) is 0.515. The first-order chi connectivity index (χ1) is 8.56. The molecule has 1 aromatic heterocycles. The van der Waals surface area contributed by atoms with Crippen molar-refractivity contribution in [2.75, 3.05) is 0 Å². The average Bonchev–Trinajstić information content (AvgIpc) is 2.37. The topological polar surface area (TPSA) is 12.9 Å². The molecule has 1 unspecified atom stereocenters. The molecule has 0 fully saturated rings. The van der Waals surface area contributed by atoms with E-state index in [9.17, 15) is 0 Å². The summed E-state index contributed by atoms with van der Waals surface area (Å²) < 4.78 is 0. The van der Waals surface area contributed by atoms with Crippen LogP contribution in [0.5, 0.6) is 0 Å². The summed E-state index contributed by atoms with van der Waals surface area (Å²) >= 11 is 0. The van der Waals surface area contributed by atoms with Gasteiger partial charge in [-0.3, -0.25) is 4.98 Å². The second kappa shape index (κ2) is 5.49. The Morgan fingerprint density at radius 1 is 0.889 bits per heavy atom. The number of benzene rings is 1. The highest BCUT2D eigenvalue weighted by Crippen LogP contribution is 2.32. The SMILES string of the molecule is C[Si](C)(C)CC(c1ccccc1)c1ccncc1. The van der Waals surface area contributed by atoms with E-state index in [-0.39, 0.29) is 0 Å². The molecule has 0 amide bonds. The van der Waals surface area contributed by atoms with Crippen LogP contribution < -0.4 is 0 Å². The normalized spacial score (nSPS) is 13.3. The first kappa shape index (κ1) is 13.0. The highest BCUT2D eigenvalue weighted by atomic mass is 28.3. The fourth-order valence-corrected chi connectivity index (χ4v) is 4.02. The Balaban J connectivity index is 2.36. The Kier molecular flexibility index (Phi) is 3.97. The highest BCUT2D eigenvalue weighted by molar-refractivity contribution is 6.76. The van der Waals surface area contributed by atoms with Gasteiger partial charge in [0.05, 0.1) is 0 Å². The van der Waals surface area contributed by atoms with E-state index in [0.29, 0.717) is 5.92 Å². The molecule has 2 aromatic rings. The molecule has 0 aliphatic carbocycles. The van der Waals surface area contributed by atoms with Gasteiger partial charge in [-0.1, -0.05) is 50.0 Å². The average molecular weight is 255 g/mol. The first-order valence-corrected chi connectivity index (χ1v) is 10.2. The quantitative estimate of drug-likeness (QED) is 0.730. The lowest BCUT2D eigenvalue weighted by molar-refractivity contribution is 0.894. The number of hydrogen-bond donors (Lipinski definition) is 0. The van der Waals surface area contributed by atoms with Gasteiger partial charge in [0.25, 0.3) is 0 Å². The predicted octanol–water partition coefficient (Wildman–Crippen LogP) is 4.55. The predicted molar refractivity (Wildman–Crippen MR) is 80.7 cm³/mol. The molecule has 0 aliphatic heterocycles. The monoisotopic (exact) mass is 255 g/mol. The highest BCUT2D eigenvalue weighted by Gasteiger charge is 2.22. The zero-order valence-corrected chi connectivity index (χ0v) is 12.4. The van der Waals surface area contributed by atoms with Crippen molar-refractivity contribution < 1.29 is 0 Å². The van der Waals surface area contributed by atoms with Crippen LogP contribution in [0.4, 0.5) is 0 Å². The fourth-order valence-electron chi connectivity index (χ4n) is 2.32. The smallest absolute Gasteiger partial charge is 0.0452 e. The van der Waals surface area contributed by atoms with E-state index in [0.717, 1.165) is 0 Å². The number of pyridine rings is 1. The van der Waals surface area contributed by atoms with Crippen LogP contribution in [-0.2, 0) is 0 Å². The lowest BCUT2D eigenvalue weighted by atomic mass is 9.94. The molecule has 0 radical (unpaired) electrons. The van der Waals surface area contributed by atoms with Gasteiger partial charge in [-0.2, -0.15) is 0 Å². The number of rotatable bonds is 4. The van der Waals surface area contributed by atoms with Crippen molar-refractivity contribution in [1.29, 1.82) is 0 Å². The fraction of sp³-hybridized carbons (Fsp3) is 0.312. The van der Waals surface area contributed by atoms with Gasteiger partial charge in [-0.05, 0) is 29.3 Å². The third kappa shape index (κ3) is 3.54. The van der Waals surface area contributed by atoms with E-state index >= 15 is 0 Å². The minimum atomic E-state index is -1.11. The summed E-state index contributed by atoms with van der Waals surface area (Å²) in [6.45, 7) is 7.30. The summed E-state index contributed by atoms with van der Waals surface area (Å²) in [5.41, 5.74) is 2.81. The van der Waals surface area contributed by atoms with Crippen molar-refractivity contribution in [2.24, 2.45) is 0 Å². The summed E-state index contributed by atoms with van der Waals surface area (Å²) in [6.07, 6.45) is 3.80. The van der Waals surface area contributed by atoms with E-state index in [1.165, 1.54) is 17.2 Å². The molecule has 1 nitrogen and oxygen atoms in total. The molecule has 0 bridgehead atoms. The van der Waals surface area contributed by atoms with Crippen LogP contribution in [0, 0.1) is 0 Å². The van der Waals surface area contributed by atoms with Crippen molar-refractivity contribution >= 4 is 8.07 Å². The van der Waals surface area contributed by atoms with Gasteiger partial charge in [-0.15, -0.1) is 0 Å². The largest absolute Gasteiger partial charge is 0.265 e. The van der Waals surface area contributed by atoms with E-state index in [4.69, 9.17) is 0 Å². The third-order valence-electron chi connectivity index (χ3n) is 3.13. The Hall–Kier alpha value is -1.41. The zero-order valence-electron chi connectivity index (χ0n) is 11.4. The van der Waals surface area contributed by atoms with Crippen molar-refractivity contribution in [3.63, 3.8) is 0 Å². The molecular weight excluding hydrogens is 234 g/mol. The maximum absolute atomic E-state index is 4.13. The third-order valence-corrected chi connectivity index (χ3v) is 4.76. The lowest BCUT2D eigenvalue weighted by Crippen LogP contribution is -2.23. The van der Waals surface area contributed by atoms with Crippen molar-refractivity contribution in [2.45, 2.75) is 31.6 Å². The van der Waals surface area contributed by atoms with Crippen molar-refractivity contribution in [3.8, 4) is 0 Å². The van der Waals surface area contributed by atoms with E-state index < -0.39 is 8.07 Å². The van der Waals surface area contributed by atoms with E-state index in [1.807, 2.05) is 12.4 Å². The summed E-state index contributed by atoms with van der Waals surface area (Å²) in [6, 6.07) is 16.4. The van der Waals surface area contributed by atoms with Crippen LogP contribution in [-0.4, -0.2) is 13.1 Å². The Labute approximate surface area is 111 Å². The van der Waals surface area contributed by atoms with Crippen LogP contribution in [0.3, 0.4) is 0 Å². The van der Waals surface area contributed by atoms with Crippen molar-refractivity contribution in [3.05, 3.63) is 66.0 Å². The van der Waals surface area contributed by atoms with E-state index in [2.05, 4.69) is 67.1 Å². The minimum Gasteiger partial charge on any atom is -0.265 e. The van der Waals surface area contributed by atoms with Crippen LogP contribution in [0.25, 0.3) is 0 Å². The standard InChI is InChI=1S/C16H21NSi/c1-18(2,3)13-16(14-7-5-4-6-8-14)15-9-11-17-12-10-15/h4-12,16H,13H2,1-3H3. The second-order valence-electron chi connectivity index (χ2n) is 6.01. The molecular formula is C16H21NSi. The second-order valence-corrected chi connectivity index (χ2v) is 11.5. The maximum atomic E-state index is 4.13. The number of aromatic nitrogens is 1. The van der Waals surface area contributed by atoms with Gasteiger partial charge in [0.1, 0.15) is 0 Å². The van der Waals surface area contributed by atoms with Gasteiger partial charge >= 0.3 is 0 Å². The molecule has 1 heterocycles. The van der Waals surface area contributed by atoms with Gasteiger partial charge in [0, 0.05) is 26.4 Å². The Morgan fingerprint density at radius 2 is 1.44 bits per heavy atom. The van der Waals surface area contributed by atoms with Crippen LogP contribution in [0.15, 0.2) is 54.9 Å². The van der Waals surface area contributed by atoms with Crippen molar-refractivity contribution in [1.82, 2.24) is 4.98 Å². The van der Waals surface area contributed by atoms with Gasteiger partial charge in [0.15, 0.2) is 0 Å². The van der Waals surface area contributed by atoms with Gasteiger partial charge < -0.3 is 0 Å². The molecule has 0 saturated heterocycles. The maximum Gasteiger partial charge on any atom is 0.0452 e. The summed E-state index contributed by atoms with van der Waals surface area (Å²) in [7, 11) is -1.11. The molecule has 0 spiro atoms. The van der Waals surface area contributed by atoms with Crippen LogP contribution >= 0.6 is 0 Å². The molecule has 0 N–H and O–H groups in total. The molecule has 1 atom stereocenters. The molecule has 0 saturated carbocycles. The van der Waals surface area contributed by atoms with Gasteiger partial charge in [0.2, 0.25) is 0 Å². The summed E-state index contributed by atoms with van der Waals surface area (Å²) in [5, 5.41) is 0. The molecule has 2 heteroatoms. The van der Waals surface area contributed by atoms with E-state index in [1.54, 1.807) is 0 Å². The number of nitrogens with zero attached hydrogens (tertiary/aromatic N) is 1. The Morgan fingerprint density at radius 3 is 2.00 bits per heavy atom. The molecule has 18 heavy (non-hydrogen) atoms. The van der Waals surface area contributed by atoms with Gasteiger partial charge in [-0.25, -0.2) is 0 Å². The van der Waals surface area contributed by atoms with Crippen LogP contribution in [0.1, 0.15) is 17.0 Å². The molecule has 0 aliphatic rings. The Bertz CT molecular complexity index is 434. The summed E-state index contributed by atoms with van der Waals surface area (Å²) in [4.78, 5) is 4.13. The molecule has 2 rings (SSSR count). The lowest BCUT2D eigenvalue weighted by Gasteiger charge is -2.25. The van der Waals surface area contributed by atoms with Crippen LogP contribution in [0.2, 0.25) is 25.7 Å². The molecule has 94 valence electrons. The zero-order chi connectivity index (χ0) is 13.0. The number of hydrogen-bond acceptors (Lipinski definition) is 1.